The molecule has 0 aliphatic rings. The number of carbonyl (C=O) groups is 2. The SMILES string of the molecule is Cc1cc(C)cc(N(CCC#N)C(=O)COC(=O)CCNS(=O)(=O)c2ccc3ccccc3c2)c1. The fourth-order valence-electron chi connectivity index (χ4n) is 3.66. The number of nitriles is 1. The highest BCUT2D eigenvalue weighted by Crippen LogP contribution is 2.20. The minimum absolute atomic E-state index is 0.0985. The molecule has 0 heterocycles. The summed E-state index contributed by atoms with van der Waals surface area (Å²) in [6, 6.07) is 19.8. The van der Waals surface area contributed by atoms with E-state index in [0.29, 0.717) is 5.69 Å². The van der Waals surface area contributed by atoms with Crippen LogP contribution in [0.3, 0.4) is 0 Å². The summed E-state index contributed by atoms with van der Waals surface area (Å²) < 4.78 is 32.6. The molecule has 0 aromatic heterocycles. The van der Waals surface area contributed by atoms with Crippen LogP contribution in [0.2, 0.25) is 0 Å². The van der Waals surface area contributed by atoms with E-state index in [1.807, 2.05) is 62.4 Å². The number of carbonyl (C=O) groups excluding carboxylic acids is 2. The first-order valence-corrected chi connectivity index (χ1v) is 12.6. The summed E-state index contributed by atoms with van der Waals surface area (Å²) in [5, 5.41) is 10.6. The predicted octanol–water partition coefficient (Wildman–Crippen LogP) is 3.62. The molecule has 0 fully saturated rings. The van der Waals surface area contributed by atoms with Crippen LogP contribution in [0.5, 0.6) is 0 Å². The molecule has 1 N–H and O–H groups in total. The van der Waals surface area contributed by atoms with E-state index in [4.69, 9.17) is 10.00 Å². The number of amides is 1. The van der Waals surface area contributed by atoms with E-state index < -0.39 is 28.5 Å². The number of nitrogens with zero attached hydrogens (tertiary/aromatic N) is 2. The van der Waals surface area contributed by atoms with Gasteiger partial charge < -0.3 is 9.64 Å². The molecule has 3 aromatic carbocycles. The molecule has 0 bridgehead atoms. The number of ether oxygens (including phenoxy) is 1. The van der Waals surface area contributed by atoms with E-state index >= 15 is 0 Å². The maximum absolute atomic E-state index is 12.7. The fraction of sp³-hybridized carbons (Fsp3) is 0.269. The van der Waals surface area contributed by atoms with Crippen molar-refractivity contribution in [3.63, 3.8) is 0 Å². The Labute approximate surface area is 205 Å². The highest BCUT2D eigenvalue weighted by atomic mass is 32.2. The van der Waals surface area contributed by atoms with Crippen LogP contribution in [0.25, 0.3) is 10.8 Å². The van der Waals surface area contributed by atoms with Crippen molar-refractivity contribution in [2.24, 2.45) is 0 Å². The molecule has 182 valence electrons. The van der Waals surface area contributed by atoms with Gasteiger partial charge in [0, 0.05) is 18.8 Å². The Balaban J connectivity index is 1.54. The Bertz CT molecular complexity index is 1360. The Hall–Kier alpha value is -3.74. The number of anilines is 1. The lowest BCUT2D eigenvalue weighted by atomic mass is 10.1. The molecular weight excluding hydrogens is 466 g/mol. The minimum atomic E-state index is -3.81. The summed E-state index contributed by atoms with van der Waals surface area (Å²) in [4.78, 5) is 26.4. The standard InChI is InChI=1S/C26H27N3O5S/c1-19-14-20(2)16-23(15-19)29(13-5-11-27)25(30)18-34-26(31)10-12-28-35(32,33)24-9-8-21-6-3-4-7-22(21)17-24/h3-4,6-9,14-17,28H,5,10,12-13,18H2,1-2H3. The first-order valence-electron chi connectivity index (χ1n) is 11.1. The van der Waals surface area contributed by atoms with Crippen molar-refractivity contribution < 1.29 is 22.7 Å². The molecule has 1 amide bonds. The van der Waals surface area contributed by atoms with E-state index in [-0.39, 0.29) is 30.8 Å². The highest BCUT2D eigenvalue weighted by molar-refractivity contribution is 7.89. The molecule has 0 radical (unpaired) electrons. The summed E-state index contributed by atoms with van der Waals surface area (Å²) in [7, 11) is -3.81. The van der Waals surface area contributed by atoms with Crippen LogP contribution in [0.4, 0.5) is 5.69 Å². The molecule has 3 rings (SSSR count). The Kier molecular flexibility index (Phi) is 8.58. The zero-order valence-electron chi connectivity index (χ0n) is 19.7. The number of nitrogens with one attached hydrogen (secondary N) is 1. The van der Waals surface area contributed by atoms with Gasteiger partial charge in [0.1, 0.15) is 0 Å². The topological polar surface area (TPSA) is 117 Å². The lowest BCUT2D eigenvalue weighted by Crippen LogP contribution is -2.36. The highest BCUT2D eigenvalue weighted by Gasteiger charge is 2.19. The smallest absolute Gasteiger partial charge is 0.307 e. The van der Waals surface area contributed by atoms with Gasteiger partial charge in [0.25, 0.3) is 5.91 Å². The van der Waals surface area contributed by atoms with Crippen molar-refractivity contribution in [1.82, 2.24) is 4.72 Å². The third-order valence-electron chi connectivity index (χ3n) is 5.28. The van der Waals surface area contributed by atoms with E-state index in [1.165, 1.54) is 11.0 Å². The van der Waals surface area contributed by atoms with Gasteiger partial charge in [-0.2, -0.15) is 5.26 Å². The largest absolute Gasteiger partial charge is 0.456 e. The number of hydrogen-bond donors (Lipinski definition) is 1. The van der Waals surface area contributed by atoms with Gasteiger partial charge in [-0.1, -0.05) is 36.4 Å². The van der Waals surface area contributed by atoms with E-state index in [2.05, 4.69) is 4.72 Å². The van der Waals surface area contributed by atoms with Crippen molar-refractivity contribution in [1.29, 1.82) is 5.26 Å². The zero-order chi connectivity index (χ0) is 25.4. The molecule has 0 aliphatic carbocycles. The zero-order valence-corrected chi connectivity index (χ0v) is 20.5. The minimum Gasteiger partial charge on any atom is -0.456 e. The number of fused-ring (bicyclic) bond motifs is 1. The molecule has 0 atom stereocenters. The van der Waals surface area contributed by atoms with Gasteiger partial charge >= 0.3 is 5.97 Å². The second kappa shape index (κ2) is 11.6. The van der Waals surface area contributed by atoms with Gasteiger partial charge in [-0.3, -0.25) is 9.59 Å². The summed E-state index contributed by atoms with van der Waals surface area (Å²) in [6.07, 6.45) is -0.106. The summed E-state index contributed by atoms with van der Waals surface area (Å²) >= 11 is 0. The van der Waals surface area contributed by atoms with Gasteiger partial charge in [-0.25, -0.2) is 13.1 Å². The summed E-state index contributed by atoms with van der Waals surface area (Å²) in [6.45, 7) is 3.30. The lowest BCUT2D eigenvalue weighted by Gasteiger charge is -2.22. The van der Waals surface area contributed by atoms with Crippen LogP contribution in [0.15, 0.2) is 65.6 Å². The molecule has 0 spiro atoms. The van der Waals surface area contributed by atoms with Crippen LogP contribution in [0.1, 0.15) is 24.0 Å². The first-order chi connectivity index (χ1) is 16.7. The predicted molar refractivity (Wildman–Crippen MR) is 133 cm³/mol. The lowest BCUT2D eigenvalue weighted by molar-refractivity contribution is -0.147. The van der Waals surface area contributed by atoms with E-state index in [9.17, 15) is 18.0 Å². The molecule has 0 saturated carbocycles. The van der Waals surface area contributed by atoms with Crippen molar-refractivity contribution in [2.75, 3.05) is 24.6 Å². The maximum Gasteiger partial charge on any atom is 0.307 e. The van der Waals surface area contributed by atoms with Crippen molar-refractivity contribution in [2.45, 2.75) is 31.6 Å². The second-order valence-corrected chi connectivity index (χ2v) is 9.88. The molecule has 9 heteroatoms. The normalized spacial score (nSPS) is 11.1. The van der Waals surface area contributed by atoms with Gasteiger partial charge in [0.15, 0.2) is 6.61 Å². The molecule has 8 nitrogen and oxygen atoms in total. The van der Waals surface area contributed by atoms with Crippen molar-refractivity contribution in [3.8, 4) is 6.07 Å². The Morgan fingerprint density at radius 2 is 1.69 bits per heavy atom. The van der Waals surface area contributed by atoms with Gasteiger partial charge in [-0.05, 0) is 60.0 Å². The third kappa shape index (κ3) is 7.12. The first kappa shape index (κ1) is 25.9. The van der Waals surface area contributed by atoms with E-state index in [0.717, 1.165) is 21.9 Å². The van der Waals surface area contributed by atoms with Gasteiger partial charge in [0.05, 0.1) is 23.8 Å². The van der Waals surface area contributed by atoms with Crippen LogP contribution < -0.4 is 9.62 Å². The molecule has 0 aliphatic heterocycles. The van der Waals surface area contributed by atoms with Crippen LogP contribution in [0, 0.1) is 25.2 Å². The average Bonchev–Trinajstić information content (AvgIpc) is 2.82. The molecular formula is C26H27N3O5S. The van der Waals surface area contributed by atoms with Crippen LogP contribution in [-0.4, -0.2) is 40.0 Å². The van der Waals surface area contributed by atoms with Crippen molar-refractivity contribution in [3.05, 3.63) is 71.8 Å². The number of aryl methyl sites for hydroxylation is 2. The average molecular weight is 494 g/mol. The number of rotatable bonds is 10. The van der Waals surface area contributed by atoms with Crippen LogP contribution >= 0.6 is 0 Å². The Morgan fingerprint density at radius 1 is 1.00 bits per heavy atom. The fourth-order valence-corrected chi connectivity index (χ4v) is 4.73. The second-order valence-electron chi connectivity index (χ2n) is 8.12. The van der Waals surface area contributed by atoms with Crippen molar-refractivity contribution >= 4 is 38.4 Å². The molecule has 0 unspecified atom stereocenters. The summed E-state index contributed by atoms with van der Waals surface area (Å²) in [5.41, 5.74) is 2.55. The quantitative estimate of drug-likeness (QED) is 0.431. The Morgan fingerprint density at radius 3 is 2.37 bits per heavy atom. The van der Waals surface area contributed by atoms with Crippen LogP contribution in [-0.2, 0) is 24.3 Å². The van der Waals surface area contributed by atoms with E-state index in [1.54, 1.807) is 12.1 Å². The summed E-state index contributed by atoms with van der Waals surface area (Å²) in [5.74, 6) is -1.17. The third-order valence-corrected chi connectivity index (χ3v) is 6.73. The number of hydrogen-bond acceptors (Lipinski definition) is 6. The van der Waals surface area contributed by atoms with Gasteiger partial charge in [0.2, 0.25) is 10.0 Å². The molecule has 35 heavy (non-hydrogen) atoms. The maximum atomic E-state index is 12.7. The molecule has 3 aromatic rings. The monoisotopic (exact) mass is 493 g/mol. The number of esters is 1. The van der Waals surface area contributed by atoms with Gasteiger partial charge in [-0.15, -0.1) is 0 Å². The number of benzene rings is 3. The number of sulfonamides is 1. The molecule has 0 saturated heterocycles.